The highest BCUT2D eigenvalue weighted by Crippen LogP contribution is 2.45. The molecular formula is C13H27N3O3S. The van der Waals surface area contributed by atoms with Crippen molar-refractivity contribution < 1.29 is 13.5 Å². The van der Waals surface area contributed by atoms with Gasteiger partial charge in [-0.3, -0.25) is 4.99 Å². The quantitative estimate of drug-likeness (QED) is 0.438. The summed E-state index contributed by atoms with van der Waals surface area (Å²) in [6.45, 7) is 5.46. The lowest BCUT2D eigenvalue weighted by molar-refractivity contribution is 0.217. The van der Waals surface area contributed by atoms with E-state index in [-0.39, 0.29) is 23.8 Å². The molecule has 1 fully saturated rings. The standard InChI is InChI=1S/C13H27N3O3S/c1-4-14-12(15-9-13(10-17)6-7-13)16-11(2)5-8-20(3,18)19/h11,17H,4-10H2,1-3H3,(H2,14,15,16). The van der Waals surface area contributed by atoms with Gasteiger partial charge in [0.2, 0.25) is 0 Å². The molecule has 0 aromatic heterocycles. The first kappa shape index (κ1) is 17.2. The molecule has 0 aromatic carbocycles. The van der Waals surface area contributed by atoms with Gasteiger partial charge in [-0.05, 0) is 33.1 Å². The maximum absolute atomic E-state index is 11.2. The van der Waals surface area contributed by atoms with Crippen LogP contribution in [0, 0.1) is 5.41 Å². The van der Waals surface area contributed by atoms with E-state index in [0.29, 0.717) is 18.9 Å². The van der Waals surface area contributed by atoms with Crippen LogP contribution in [0.15, 0.2) is 4.99 Å². The smallest absolute Gasteiger partial charge is 0.191 e. The van der Waals surface area contributed by atoms with E-state index in [0.717, 1.165) is 19.4 Å². The van der Waals surface area contributed by atoms with E-state index < -0.39 is 9.84 Å². The summed E-state index contributed by atoms with van der Waals surface area (Å²) >= 11 is 0. The highest BCUT2D eigenvalue weighted by Gasteiger charge is 2.41. The van der Waals surface area contributed by atoms with Crippen molar-refractivity contribution >= 4 is 15.8 Å². The Kier molecular flexibility index (Phi) is 6.26. The van der Waals surface area contributed by atoms with Crippen molar-refractivity contribution in [2.45, 2.75) is 39.2 Å². The van der Waals surface area contributed by atoms with E-state index in [9.17, 15) is 13.5 Å². The predicted molar refractivity (Wildman–Crippen MR) is 81.7 cm³/mol. The fourth-order valence-electron chi connectivity index (χ4n) is 1.81. The van der Waals surface area contributed by atoms with Crippen LogP contribution in [0.25, 0.3) is 0 Å². The number of guanidine groups is 1. The van der Waals surface area contributed by atoms with E-state index in [4.69, 9.17) is 0 Å². The number of rotatable bonds is 8. The van der Waals surface area contributed by atoms with Crippen LogP contribution in [0.3, 0.4) is 0 Å². The monoisotopic (exact) mass is 305 g/mol. The molecule has 118 valence electrons. The minimum Gasteiger partial charge on any atom is -0.396 e. The van der Waals surface area contributed by atoms with E-state index in [1.807, 2.05) is 13.8 Å². The van der Waals surface area contributed by atoms with Crippen LogP contribution in [0.4, 0.5) is 0 Å². The zero-order valence-corrected chi connectivity index (χ0v) is 13.5. The topological polar surface area (TPSA) is 90.8 Å². The van der Waals surface area contributed by atoms with Crippen LogP contribution >= 0.6 is 0 Å². The zero-order valence-electron chi connectivity index (χ0n) is 12.6. The summed E-state index contributed by atoms with van der Waals surface area (Å²) in [6.07, 6.45) is 3.84. The van der Waals surface area contributed by atoms with Gasteiger partial charge in [0, 0.05) is 24.3 Å². The summed E-state index contributed by atoms with van der Waals surface area (Å²) in [4.78, 5) is 4.49. The van der Waals surface area contributed by atoms with E-state index in [1.54, 1.807) is 0 Å². The number of aliphatic imine (C=N–C) groups is 1. The number of sulfone groups is 1. The fourth-order valence-corrected chi connectivity index (χ4v) is 2.59. The van der Waals surface area contributed by atoms with E-state index >= 15 is 0 Å². The molecule has 1 atom stereocenters. The van der Waals surface area contributed by atoms with E-state index in [1.165, 1.54) is 6.26 Å². The van der Waals surface area contributed by atoms with Gasteiger partial charge in [-0.1, -0.05) is 0 Å². The van der Waals surface area contributed by atoms with Gasteiger partial charge < -0.3 is 15.7 Å². The molecule has 0 amide bonds. The average molecular weight is 305 g/mol. The highest BCUT2D eigenvalue weighted by molar-refractivity contribution is 7.90. The molecule has 0 radical (unpaired) electrons. The molecule has 1 saturated carbocycles. The summed E-state index contributed by atoms with van der Waals surface area (Å²) in [6, 6.07) is 0.0341. The van der Waals surface area contributed by atoms with Crippen molar-refractivity contribution in [3.8, 4) is 0 Å². The molecule has 1 aliphatic rings. The molecule has 6 nitrogen and oxygen atoms in total. The summed E-state index contributed by atoms with van der Waals surface area (Å²) < 4.78 is 22.3. The Morgan fingerprint density at radius 3 is 2.55 bits per heavy atom. The fraction of sp³-hybridized carbons (Fsp3) is 0.923. The molecule has 0 bridgehead atoms. The lowest BCUT2D eigenvalue weighted by Gasteiger charge is -2.18. The number of hydrogen-bond acceptors (Lipinski definition) is 4. The molecule has 7 heteroatoms. The van der Waals surface area contributed by atoms with Gasteiger partial charge in [-0.2, -0.15) is 0 Å². The average Bonchev–Trinajstić information content (AvgIpc) is 3.14. The number of nitrogens with zero attached hydrogens (tertiary/aromatic N) is 1. The molecule has 1 unspecified atom stereocenters. The lowest BCUT2D eigenvalue weighted by Crippen LogP contribution is -2.43. The van der Waals surface area contributed by atoms with Crippen molar-refractivity contribution in [2.24, 2.45) is 10.4 Å². The second-order valence-corrected chi connectivity index (χ2v) is 8.08. The third-order valence-corrected chi connectivity index (χ3v) is 4.49. The number of nitrogens with one attached hydrogen (secondary N) is 2. The number of aliphatic hydroxyl groups is 1. The van der Waals surface area contributed by atoms with Crippen LogP contribution in [0.1, 0.15) is 33.1 Å². The molecule has 1 aliphatic carbocycles. The van der Waals surface area contributed by atoms with Crippen molar-refractivity contribution in [1.82, 2.24) is 10.6 Å². The first-order valence-electron chi connectivity index (χ1n) is 7.14. The molecule has 0 heterocycles. The van der Waals surface area contributed by atoms with Gasteiger partial charge in [-0.15, -0.1) is 0 Å². The molecule has 20 heavy (non-hydrogen) atoms. The van der Waals surface area contributed by atoms with Gasteiger partial charge in [0.05, 0.1) is 18.9 Å². The lowest BCUT2D eigenvalue weighted by atomic mass is 10.1. The van der Waals surface area contributed by atoms with Crippen molar-refractivity contribution in [3.63, 3.8) is 0 Å². The molecule has 0 spiro atoms. The van der Waals surface area contributed by atoms with Crippen LogP contribution in [0.2, 0.25) is 0 Å². The second kappa shape index (κ2) is 7.26. The van der Waals surface area contributed by atoms with Crippen LogP contribution in [-0.4, -0.2) is 57.2 Å². The Hall–Kier alpha value is -0.820. The molecular weight excluding hydrogens is 278 g/mol. The SMILES string of the molecule is CCNC(=NCC1(CO)CC1)NC(C)CCS(C)(=O)=O. The molecule has 3 N–H and O–H groups in total. The number of aliphatic hydroxyl groups excluding tert-OH is 1. The third-order valence-electron chi connectivity index (χ3n) is 3.51. The Balaban J connectivity index is 2.47. The highest BCUT2D eigenvalue weighted by atomic mass is 32.2. The molecule has 0 saturated heterocycles. The normalized spacial score (nSPS) is 19.5. The molecule has 0 aromatic rings. The van der Waals surface area contributed by atoms with Crippen molar-refractivity contribution in [2.75, 3.05) is 31.7 Å². The summed E-state index contributed by atoms with van der Waals surface area (Å²) in [5.41, 5.74) is -0.0155. The van der Waals surface area contributed by atoms with Gasteiger partial charge in [0.1, 0.15) is 9.84 Å². The largest absolute Gasteiger partial charge is 0.396 e. The summed E-state index contributed by atoms with van der Waals surface area (Å²) in [5.74, 6) is 0.856. The first-order valence-corrected chi connectivity index (χ1v) is 9.20. The Morgan fingerprint density at radius 2 is 2.10 bits per heavy atom. The van der Waals surface area contributed by atoms with Gasteiger partial charge in [0.15, 0.2) is 5.96 Å². The third kappa shape index (κ3) is 6.56. The maximum atomic E-state index is 11.2. The maximum Gasteiger partial charge on any atom is 0.191 e. The Labute approximate surface area is 122 Å². The minimum atomic E-state index is -2.93. The van der Waals surface area contributed by atoms with Gasteiger partial charge in [-0.25, -0.2) is 8.42 Å². The molecule has 1 rings (SSSR count). The van der Waals surface area contributed by atoms with Crippen LogP contribution in [-0.2, 0) is 9.84 Å². The molecule has 0 aliphatic heterocycles. The van der Waals surface area contributed by atoms with Crippen molar-refractivity contribution in [3.05, 3.63) is 0 Å². The summed E-state index contributed by atoms with van der Waals surface area (Å²) in [5, 5.41) is 15.6. The minimum absolute atomic E-state index is 0.0155. The Bertz CT molecular complexity index is 430. The van der Waals surface area contributed by atoms with Crippen LogP contribution in [0.5, 0.6) is 0 Å². The zero-order chi connectivity index (χ0) is 15.2. The van der Waals surface area contributed by atoms with Crippen molar-refractivity contribution in [1.29, 1.82) is 0 Å². The van der Waals surface area contributed by atoms with Gasteiger partial charge in [0.25, 0.3) is 0 Å². The Morgan fingerprint density at radius 1 is 1.45 bits per heavy atom. The predicted octanol–water partition coefficient (Wildman–Crippen LogP) is 0.137. The van der Waals surface area contributed by atoms with Crippen LogP contribution < -0.4 is 10.6 Å². The summed E-state index contributed by atoms with van der Waals surface area (Å²) in [7, 11) is -2.93. The first-order chi connectivity index (χ1) is 9.30. The van der Waals surface area contributed by atoms with Gasteiger partial charge >= 0.3 is 0 Å². The van der Waals surface area contributed by atoms with E-state index in [2.05, 4.69) is 15.6 Å². The second-order valence-electron chi connectivity index (χ2n) is 5.82. The number of hydrogen-bond donors (Lipinski definition) is 3.